The van der Waals surface area contributed by atoms with E-state index in [-0.39, 0.29) is 38.6 Å². The summed E-state index contributed by atoms with van der Waals surface area (Å²) in [6.07, 6.45) is 118. The van der Waals surface area contributed by atoms with E-state index in [1.54, 1.807) is 0 Å². The van der Waals surface area contributed by atoms with Gasteiger partial charge in [-0.3, -0.25) is 18.6 Å². The molecule has 554 valence electrons. The van der Waals surface area contributed by atoms with Gasteiger partial charge < -0.3 is 20.1 Å². The summed E-state index contributed by atoms with van der Waals surface area (Å²) in [5.74, 6) is -0.834. The zero-order valence-electron chi connectivity index (χ0n) is 62.5. The number of phosphoric acid groups is 1. The van der Waals surface area contributed by atoms with E-state index >= 15 is 0 Å². The molecule has 0 aliphatic heterocycles. The maximum Gasteiger partial charge on any atom is 0.472 e. The van der Waals surface area contributed by atoms with Crippen LogP contribution < -0.4 is 5.73 Å². The van der Waals surface area contributed by atoms with Crippen LogP contribution in [-0.4, -0.2) is 49.3 Å². The van der Waals surface area contributed by atoms with Crippen LogP contribution >= 0.6 is 7.82 Å². The second kappa shape index (κ2) is 80.6. The van der Waals surface area contributed by atoms with Crippen molar-refractivity contribution in [2.24, 2.45) is 5.73 Å². The van der Waals surface area contributed by atoms with Crippen LogP contribution in [0.1, 0.15) is 348 Å². The minimum atomic E-state index is -4.41. The Bertz CT molecular complexity index is 2160. The first-order chi connectivity index (χ1) is 47.8. The van der Waals surface area contributed by atoms with Crippen molar-refractivity contribution in [2.45, 2.75) is 354 Å². The van der Waals surface area contributed by atoms with Crippen LogP contribution in [0.5, 0.6) is 0 Å². The molecule has 0 fully saturated rings. The van der Waals surface area contributed by atoms with Crippen molar-refractivity contribution in [1.82, 2.24) is 0 Å². The normalized spacial score (nSPS) is 13.7. The maximum absolute atomic E-state index is 12.8. The minimum absolute atomic E-state index is 0.0463. The Kier molecular flexibility index (Phi) is 77.0. The quantitative estimate of drug-likeness (QED) is 0.0264. The highest BCUT2D eigenvalue weighted by atomic mass is 31.2. The predicted molar refractivity (Wildman–Crippen MR) is 422 cm³/mol. The van der Waals surface area contributed by atoms with Gasteiger partial charge in [-0.1, -0.05) is 364 Å². The minimum Gasteiger partial charge on any atom is -0.462 e. The highest BCUT2D eigenvalue weighted by molar-refractivity contribution is 7.47. The summed E-state index contributed by atoms with van der Waals surface area (Å²) in [6.45, 7) is 3.63. The van der Waals surface area contributed by atoms with Crippen molar-refractivity contribution in [1.29, 1.82) is 0 Å². The van der Waals surface area contributed by atoms with Gasteiger partial charge in [0.05, 0.1) is 13.2 Å². The van der Waals surface area contributed by atoms with Gasteiger partial charge in [-0.05, 0) is 128 Å². The first-order valence-electron chi connectivity index (χ1n) is 40.0. The molecule has 0 radical (unpaired) electrons. The Balaban J connectivity index is 3.88. The number of allylic oxidation sites excluding steroid dienone is 26. The number of hydrogen-bond acceptors (Lipinski definition) is 8. The van der Waals surface area contributed by atoms with Gasteiger partial charge in [0.15, 0.2) is 6.10 Å². The Morgan fingerprint density at radius 1 is 0.320 bits per heavy atom. The van der Waals surface area contributed by atoms with E-state index < -0.39 is 26.5 Å². The molecular weight excluding hydrogens is 1220 g/mol. The number of carbonyl (C=O) groups is 2. The SMILES string of the molecule is CC/C=C\C/C=C\C/C=C\C/C=C\C/C=C\C/C=C\C/C=C\C/C=C\C/C=C\C/C=C\CCCCCCCCCCC(=O)OC(COC(=O)CCCCCCCCCCCCCCCCCCCCCCCC/C=C\C/C=C\C/C=C\CCCCCCC)COP(=O)(O)OCCN. The molecule has 0 saturated heterocycles. The van der Waals surface area contributed by atoms with Gasteiger partial charge in [-0.25, -0.2) is 4.57 Å². The number of rotatable bonds is 74. The number of hydrogen-bond donors (Lipinski definition) is 2. The molecule has 0 saturated carbocycles. The summed E-state index contributed by atoms with van der Waals surface area (Å²) >= 11 is 0. The lowest BCUT2D eigenvalue weighted by atomic mass is 10.0. The number of carbonyl (C=O) groups excluding carboxylic acids is 2. The monoisotopic (exact) mass is 1370 g/mol. The van der Waals surface area contributed by atoms with Gasteiger partial charge in [-0.15, -0.1) is 0 Å². The molecule has 0 aromatic carbocycles. The fourth-order valence-corrected chi connectivity index (χ4v) is 11.8. The molecule has 10 heteroatoms. The van der Waals surface area contributed by atoms with E-state index in [4.69, 9.17) is 24.3 Å². The first kappa shape index (κ1) is 92.6. The van der Waals surface area contributed by atoms with Crippen molar-refractivity contribution in [3.05, 3.63) is 158 Å². The number of unbranched alkanes of at least 4 members (excludes halogenated alkanes) is 35. The van der Waals surface area contributed by atoms with Gasteiger partial charge in [0.2, 0.25) is 0 Å². The van der Waals surface area contributed by atoms with Crippen LogP contribution in [0.2, 0.25) is 0 Å². The van der Waals surface area contributed by atoms with Gasteiger partial charge >= 0.3 is 19.8 Å². The lowest BCUT2D eigenvalue weighted by Gasteiger charge is -2.19. The summed E-state index contributed by atoms with van der Waals surface area (Å²) in [4.78, 5) is 35.5. The predicted octanol–water partition coefficient (Wildman–Crippen LogP) is 27.1. The van der Waals surface area contributed by atoms with E-state index in [0.717, 1.165) is 122 Å². The Hall–Kier alpha value is -4.37. The van der Waals surface area contributed by atoms with Gasteiger partial charge in [0, 0.05) is 19.4 Å². The molecule has 9 nitrogen and oxygen atoms in total. The molecule has 0 aromatic rings. The summed E-state index contributed by atoms with van der Waals surface area (Å²) < 4.78 is 33.3. The van der Waals surface area contributed by atoms with Crippen LogP contribution in [0.25, 0.3) is 0 Å². The molecule has 97 heavy (non-hydrogen) atoms. The van der Waals surface area contributed by atoms with E-state index in [2.05, 4.69) is 172 Å². The van der Waals surface area contributed by atoms with Crippen LogP contribution in [-0.2, 0) is 32.7 Å². The molecular formula is C87H148NO8P. The second-order valence-corrected chi connectivity index (χ2v) is 27.7. The molecule has 0 spiro atoms. The average molecular weight is 1370 g/mol. The molecule has 0 bridgehead atoms. The summed E-state index contributed by atoms with van der Waals surface area (Å²) in [6, 6.07) is 0. The highest BCUT2D eigenvalue weighted by Crippen LogP contribution is 2.43. The number of ether oxygens (including phenoxy) is 2. The van der Waals surface area contributed by atoms with Gasteiger partial charge in [-0.2, -0.15) is 0 Å². The molecule has 0 amide bonds. The lowest BCUT2D eigenvalue weighted by Crippen LogP contribution is -2.29. The first-order valence-corrected chi connectivity index (χ1v) is 41.5. The molecule has 0 aliphatic carbocycles. The van der Waals surface area contributed by atoms with E-state index in [0.29, 0.717) is 6.42 Å². The zero-order chi connectivity index (χ0) is 70.0. The van der Waals surface area contributed by atoms with Gasteiger partial charge in [0.25, 0.3) is 0 Å². The maximum atomic E-state index is 12.8. The number of phosphoric ester groups is 1. The largest absolute Gasteiger partial charge is 0.472 e. The van der Waals surface area contributed by atoms with E-state index in [9.17, 15) is 19.0 Å². The smallest absolute Gasteiger partial charge is 0.462 e. The second-order valence-electron chi connectivity index (χ2n) is 26.2. The highest BCUT2D eigenvalue weighted by Gasteiger charge is 2.26. The number of esters is 2. The Labute approximate surface area is 598 Å². The third-order valence-corrected chi connectivity index (χ3v) is 17.9. The third kappa shape index (κ3) is 80.5. The molecule has 0 aliphatic rings. The Morgan fingerprint density at radius 3 is 0.845 bits per heavy atom. The molecule has 0 rings (SSSR count). The average Bonchev–Trinajstić information content (AvgIpc) is 2.88. The van der Waals surface area contributed by atoms with Crippen LogP contribution in [0.4, 0.5) is 0 Å². The fourth-order valence-electron chi connectivity index (χ4n) is 11.0. The molecule has 0 heterocycles. The van der Waals surface area contributed by atoms with Crippen LogP contribution in [0.15, 0.2) is 158 Å². The molecule has 3 N–H and O–H groups in total. The third-order valence-electron chi connectivity index (χ3n) is 16.9. The van der Waals surface area contributed by atoms with Crippen LogP contribution in [0.3, 0.4) is 0 Å². The van der Waals surface area contributed by atoms with Crippen molar-refractivity contribution < 1.29 is 37.6 Å². The molecule has 2 unspecified atom stereocenters. The standard InChI is InChI=1S/C87H148NO8P/c1-3-5-7-9-11-13-15-17-19-21-23-25-27-29-31-33-35-37-39-41-42-44-46-48-50-52-54-56-58-60-62-64-66-68-70-72-74-76-78-80-87(90)96-85(84-95-97(91,92)94-82-81-88)83-93-86(89)79-77-75-73-71-69-67-65-63-61-59-57-55-53-51-49-47-45-43-40-38-36-34-32-30-28-26-24-22-20-18-16-14-12-10-8-6-4-2/h5,7,11,13,16-19,22-25,28-31,35,37,41-42,46,48,52,54,58,60,85H,3-4,6,8-10,12,14-15,20-21,26-27,32-34,36,38-40,43-45,47,49-51,53,55-57,59,61-84,88H2,1-2H3,(H,91,92)/b7-5-,13-11-,18-16-,19-17-,24-22-,25-23-,30-28-,31-29-,37-35-,42-41-,48-46-,54-52-,60-58-. The van der Waals surface area contributed by atoms with Crippen LogP contribution in [0, 0.1) is 0 Å². The number of nitrogens with two attached hydrogens (primary N) is 1. The summed E-state index contributed by atoms with van der Waals surface area (Å²) in [7, 11) is -4.41. The lowest BCUT2D eigenvalue weighted by molar-refractivity contribution is -0.161. The van der Waals surface area contributed by atoms with Crippen molar-refractivity contribution in [3.8, 4) is 0 Å². The van der Waals surface area contributed by atoms with Crippen molar-refractivity contribution >= 4 is 19.8 Å². The summed E-state index contributed by atoms with van der Waals surface area (Å²) in [5.41, 5.74) is 5.41. The molecule has 0 aromatic heterocycles. The van der Waals surface area contributed by atoms with Gasteiger partial charge in [0.1, 0.15) is 6.61 Å². The van der Waals surface area contributed by atoms with Crippen molar-refractivity contribution in [3.63, 3.8) is 0 Å². The Morgan fingerprint density at radius 2 is 0.567 bits per heavy atom. The van der Waals surface area contributed by atoms with E-state index in [1.165, 1.54) is 193 Å². The van der Waals surface area contributed by atoms with Crippen molar-refractivity contribution in [2.75, 3.05) is 26.4 Å². The zero-order valence-corrected chi connectivity index (χ0v) is 63.4. The topological polar surface area (TPSA) is 134 Å². The molecule has 2 atom stereocenters. The summed E-state index contributed by atoms with van der Waals surface area (Å²) in [5, 5.41) is 0. The fraction of sp³-hybridized carbons (Fsp3) is 0.678. The van der Waals surface area contributed by atoms with E-state index in [1.807, 2.05) is 0 Å².